The van der Waals surface area contributed by atoms with E-state index in [0.717, 1.165) is 5.56 Å². The Morgan fingerprint density at radius 2 is 1.85 bits per heavy atom. The number of benzene rings is 2. The number of nitrogens with one attached hydrogen (secondary N) is 1. The van der Waals surface area contributed by atoms with Gasteiger partial charge in [-0.2, -0.15) is 4.31 Å². The van der Waals surface area contributed by atoms with Gasteiger partial charge in [0.05, 0.1) is 42.8 Å². The smallest absolute Gasteiger partial charge is 0.407 e. The lowest BCUT2D eigenvalue weighted by Crippen LogP contribution is -2.58. The zero-order valence-corrected chi connectivity index (χ0v) is 28.1. The van der Waals surface area contributed by atoms with Gasteiger partial charge in [0, 0.05) is 31.6 Å². The zero-order valence-electron chi connectivity index (χ0n) is 27.3. The average Bonchev–Trinajstić information content (AvgIpc) is 3.81. The standard InChI is InChI=1S/C33H46N4O10S/c1-33(2,12-6-13-35-30(39)17-34)20-36(48(42,43)23-9-10-28-29(16-23)47-21-46-28)18-27(38)25(15-22-7-4-3-5-8-22)37(32(40)41)26-19-45-31-24(26)11-14-44-31/h3-5,7-10,16,24-27,31,38H,6,11-15,17-21,34H2,1-2H3,(H,35,39)(H,40,41)/t24-,25-,26-,27+,31+/m0/s1. The van der Waals surface area contributed by atoms with E-state index in [9.17, 15) is 28.2 Å². The molecule has 2 aromatic carbocycles. The van der Waals surface area contributed by atoms with Crippen LogP contribution in [0.5, 0.6) is 11.5 Å². The van der Waals surface area contributed by atoms with E-state index in [1.807, 2.05) is 44.2 Å². The molecule has 48 heavy (non-hydrogen) atoms. The quantitative estimate of drug-likeness (QED) is 0.189. The number of amides is 2. The van der Waals surface area contributed by atoms with E-state index in [1.165, 1.54) is 27.4 Å². The first-order valence-corrected chi connectivity index (χ1v) is 17.7. The molecule has 0 bridgehead atoms. The number of carboxylic acid groups (broad SMARTS) is 1. The van der Waals surface area contributed by atoms with Crippen LogP contribution >= 0.6 is 0 Å². The van der Waals surface area contributed by atoms with Crippen LogP contribution in [0.1, 0.15) is 38.7 Å². The molecule has 3 aliphatic rings. The summed E-state index contributed by atoms with van der Waals surface area (Å²) in [7, 11) is -4.24. The molecule has 0 spiro atoms. The highest BCUT2D eigenvalue weighted by Crippen LogP contribution is 2.38. The van der Waals surface area contributed by atoms with E-state index in [-0.39, 0.29) is 56.2 Å². The minimum absolute atomic E-state index is 0.00186. The molecule has 15 heteroatoms. The molecule has 2 aromatic rings. The Morgan fingerprint density at radius 1 is 1.10 bits per heavy atom. The fraction of sp³-hybridized carbons (Fsp3) is 0.576. The first-order chi connectivity index (χ1) is 22.9. The molecule has 5 rings (SSSR count). The van der Waals surface area contributed by atoms with Crippen LogP contribution in [-0.4, -0.2) is 110 Å². The summed E-state index contributed by atoms with van der Waals surface area (Å²) < 4.78 is 52.3. The van der Waals surface area contributed by atoms with Crippen molar-refractivity contribution in [2.75, 3.05) is 46.2 Å². The number of carbonyl (C=O) groups is 2. The van der Waals surface area contributed by atoms with Crippen LogP contribution < -0.4 is 20.5 Å². The third-order valence-electron chi connectivity index (χ3n) is 9.19. The van der Waals surface area contributed by atoms with Crippen LogP contribution in [0.25, 0.3) is 0 Å². The number of nitrogens with zero attached hydrogens (tertiary/aromatic N) is 2. The second-order valence-electron chi connectivity index (χ2n) is 13.2. The van der Waals surface area contributed by atoms with Gasteiger partial charge in [0.1, 0.15) is 0 Å². The summed E-state index contributed by atoms with van der Waals surface area (Å²) in [5.74, 6) is 0.228. The zero-order chi connectivity index (χ0) is 34.5. The van der Waals surface area contributed by atoms with E-state index < -0.39 is 46.0 Å². The lowest BCUT2D eigenvalue weighted by molar-refractivity contribution is -0.119. The van der Waals surface area contributed by atoms with Crippen molar-refractivity contribution in [1.29, 1.82) is 0 Å². The highest BCUT2D eigenvalue weighted by Gasteiger charge is 2.49. The lowest BCUT2D eigenvalue weighted by atomic mass is 9.87. The van der Waals surface area contributed by atoms with Crippen molar-refractivity contribution in [2.45, 2.75) is 68.9 Å². The maximum atomic E-state index is 14.4. The van der Waals surface area contributed by atoms with Crippen LogP contribution in [0.15, 0.2) is 53.4 Å². The molecular formula is C33H46N4O10S. The first kappa shape index (κ1) is 35.8. The summed E-state index contributed by atoms with van der Waals surface area (Å²) in [6, 6.07) is 12.0. The third kappa shape index (κ3) is 8.39. The van der Waals surface area contributed by atoms with Gasteiger partial charge in [-0.05, 0) is 48.8 Å². The lowest BCUT2D eigenvalue weighted by Gasteiger charge is -2.40. The molecule has 5 atom stereocenters. The van der Waals surface area contributed by atoms with E-state index in [2.05, 4.69) is 5.32 Å². The van der Waals surface area contributed by atoms with Gasteiger partial charge in [-0.3, -0.25) is 9.69 Å². The molecule has 0 radical (unpaired) electrons. The van der Waals surface area contributed by atoms with Crippen LogP contribution in [0.2, 0.25) is 0 Å². The topological polar surface area (TPSA) is 190 Å². The largest absolute Gasteiger partial charge is 0.465 e. The molecule has 0 aromatic heterocycles. The van der Waals surface area contributed by atoms with Crippen LogP contribution in [0.4, 0.5) is 4.79 Å². The van der Waals surface area contributed by atoms with Crippen molar-refractivity contribution >= 4 is 22.0 Å². The molecule has 3 aliphatic heterocycles. The number of aliphatic hydroxyl groups excluding tert-OH is 1. The fourth-order valence-electron chi connectivity index (χ4n) is 6.72. The number of ether oxygens (including phenoxy) is 4. The Labute approximate surface area is 281 Å². The molecule has 264 valence electrons. The molecule has 5 N–H and O–H groups in total. The fourth-order valence-corrected chi connectivity index (χ4v) is 8.38. The molecule has 14 nitrogen and oxygen atoms in total. The molecular weight excluding hydrogens is 644 g/mol. The molecule has 0 saturated carbocycles. The predicted molar refractivity (Wildman–Crippen MR) is 174 cm³/mol. The number of carbonyl (C=O) groups excluding carboxylic acids is 1. The first-order valence-electron chi connectivity index (χ1n) is 16.2. The van der Waals surface area contributed by atoms with Crippen molar-refractivity contribution in [3.8, 4) is 11.5 Å². The number of fused-ring (bicyclic) bond motifs is 2. The maximum Gasteiger partial charge on any atom is 0.407 e. The van der Waals surface area contributed by atoms with Gasteiger partial charge >= 0.3 is 6.09 Å². The van der Waals surface area contributed by atoms with Crippen molar-refractivity contribution in [2.24, 2.45) is 17.1 Å². The Balaban J connectivity index is 1.45. The number of hydrogen-bond acceptors (Lipinski definition) is 10. The maximum absolute atomic E-state index is 14.4. The van der Waals surface area contributed by atoms with Crippen molar-refractivity contribution in [1.82, 2.24) is 14.5 Å². The summed E-state index contributed by atoms with van der Waals surface area (Å²) in [6.45, 7) is 4.20. The summed E-state index contributed by atoms with van der Waals surface area (Å²) in [5.41, 5.74) is 5.57. The summed E-state index contributed by atoms with van der Waals surface area (Å²) >= 11 is 0. The molecule has 3 heterocycles. The summed E-state index contributed by atoms with van der Waals surface area (Å²) in [5, 5.41) is 25.4. The van der Waals surface area contributed by atoms with E-state index in [0.29, 0.717) is 43.9 Å². The van der Waals surface area contributed by atoms with E-state index in [4.69, 9.17) is 24.7 Å². The molecule has 2 fully saturated rings. The second-order valence-corrected chi connectivity index (χ2v) is 15.2. The number of rotatable bonds is 16. The van der Waals surface area contributed by atoms with Gasteiger partial charge in [-0.1, -0.05) is 44.2 Å². The molecule has 2 saturated heterocycles. The number of nitrogens with two attached hydrogens (primary N) is 1. The monoisotopic (exact) mass is 690 g/mol. The number of sulfonamides is 1. The van der Waals surface area contributed by atoms with Gasteiger partial charge in [0.15, 0.2) is 17.8 Å². The van der Waals surface area contributed by atoms with Gasteiger partial charge in [0.25, 0.3) is 0 Å². The normalized spacial score (nSPS) is 21.6. The van der Waals surface area contributed by atoms with E-state index in [1.54, 1.807) is 0 Å². The predicted octanol–water partition coefficient (Wildman–Crippen LogP) is 2.00. The van der Waals surface area contributed by atoms with Crippen molar-refractivity contribution in [3.63, 3.8) is 0 Å². The minimum atomic E-state index is -4.24. The van der Waals surface area contributed by atoms with Crippen LogP contribution in [-0.2, 0) is 30.7 Å². The van der Waals surface area contributed by atoms with Crippen molar-refractivity contribution in [3.05, 3.63) is 54.1 Å². The van der Waals surface area contributed by atoms with Crippen LogP contribution in [0, 0.1) is 11.3 Å². The van der Waals surface area contributed by atoms with Gasteiger partial charge in [-0.15, -0.1) is 0 Å². The Kier molecular flexibility index (Phi) is 11.5. The number of hydrogen-bond donors (Lipinski definition) is 4. The third-order valence-corrected chi connectivity index (χ3v) is 11.0. The summed E-state index contributed by atoms with van der Waals surface area (Å²) in [6.07, 6.45) is -1.33. The van der Waals surface area contributed by atoms with E-state index >= 15 is 0 Å². The average molecular weight is 691 g/mol. The van der Waals surface area contributed by atoms with Crippen molar-refractivity contribution < 1.29 is 47.2 Å². The highest BCUT2D eigenvalue weighted by molar-refractivity contribution is 7.89. The Bertz CT molecular complexity index is 1530. The molecule has 0 unspecified atom stereocenters. The van der Waals surface area contributed by atoms with Gasteiger partial charge < -0.3 is 40.2 Å². The Morgan fingerprint density at radius 3 is 2.58 bits per heavy atom. The number of aliphatic hydroxyl groups is 1. The van der Waals surface area contributed by atoms with Crippen LogP contribution in [0.3, 0.4) is 0 Å². The molecule has 0 aliphatic carbocycles. The Hall–Kier alpha value is -3.47. The summed E-state index contributed by atoms with van der Waals surface area (Å²) in [4.78, 5) is 25.8. The highest BCUT2D eigenvalue weighted by atomic mass is 32.2. The SMILES string of the molecule is CC(C)(CCCNC(=O)CN)CN(C[C@@H](O)[C@H](Cc1ccccc1)N(C(=O)O)[C@H]1CO[C@H]2OCC[C@H]21)S(=O)(=O)c1ccc2c(c1)OCO2. The van der Waals surface area contributed by atoms with Gasteiger partial charge in [-0.25, -0.2) is 13.2 Å². The minimum Gasteiger partial charge on any atom is -0.465 e. The van der Waals surface area contributed by atoms with Gasteiger partial charge in [0.2, 0.25) is 22.7 Å². The second kappa shape index (κ2) is 15.4. The molecule has 2 amide bonds.